The number of carboxylic acids is 1. The van der Waals surface area contributed by atoms with E-state index in [0.29, 0.717) is 26.2 Å². The van der Waals surface area contributed by atoms with Crippen LogP contribution in [0.4, 0.5) is 0 Å². The van der Waals surface area contributed by atoms with E-state index < -0.39 is 16.0 Å². The highest BCUT2D eigenvalue weighted by Gasteiger charge is 2.30. The molecular formula is C18H22N2O4S2. The second kappa shape index (κ2) is 7.48. The van der Waals surface area contributed by atoms with E-state index in [1.165, 1.54) is 32.4 Å². The minimum absolute atomic E-state index is 0.0159. The summed E-state index contributed by atoms with van der Waals surface area (Å²) in [5.74, 6) is -1.11. The molecule has 0 radical (unpaired) electrons. The number of thiophene rings is 1. The SMILES string of the molecule is Cc1cccc(CN2CCN(S(=O)(=O)c3cc(C(=O)O)cs3)CC2)c1C. The number of carboxylic acid groups (broad SMARTS) is 1. The fourth-order valence-electron chi connectivity index (χ4n) is 3.04. The quantitative estimate of drug-likeness (QED) is 0.843. The van der Waals surface area contributed by atoms with Gasteiger partial charge in [0, 0.05) is 38.1 Å². The van der Waals surface area contributed by atoms with E-state index in [2.05, 4.69) is 36.9 Å². The van der Waals surface area contributed by atoms with E-state index in [0.717, 1.165) is 17.9 Å². The van der Waals surface area contributed by atoms with E-state index in [1.807, 2.05) is 0 Å². The summed E-state index contributed by atoms with van der Waals surface area (Å²) in [6.45, 7) is 7.15. The lowest BCUT2D eigenvalue weighted by atomic mass is 10.0. The number of rotatable bonds is 5. The maximum atomic E-state index is 12.7. The molecule has 1 N–H and O–H groups in total. The van der Waals surface area contributed by atoms with Crippen molar-refractivity contribution in [2.45, 2.75) is 24.6 Å². The van der Waals surface area contributed by atoms with Gasteiger partial charge in [0.05, 0.1) is 5.56 Å². The Labute approximate surface area is 157 Å². The van der Waals surface area contributed by atoms with Crippen molar-refractivity contribution in [3.8, 4) is 0 Å². The van der Waals surface area contributed by atoms with Crippen molar-refractivity contribution in [1.29, 1.82) is 0 Å². The van der Waals surface area contributed by atoms with Gasteiger partial charge in [0.1, 0.15) is 4.21 Å². The number of benzene rings is 1. The summed E-state index contributed by atoms with van der Waals surface area (Å²) in [6.07, 6.45) is 0. The number of sulfonamides is 1. The van der Waals surface area contributed by atoms with Crippen LogP contribution in [0, 0.1) is 13.8 Å². The van der Waals surface area contributed by atoms with Crippen molar-refractivity contribution in [2.75, 3.05) is 26.2 Å². The lowest BCUT2D eigenvalue weighted by molar-refractivity contribution is 0.0697. The number of aryl methyl sites for hydroxylation is 1. The van der Waals surface area contributed by atoms with Gasteiger partial charge in [0.25, 0.3) is 10.0 Å². The van der Waals surface area contributed by atoms with Crippen molar-refractivity contribution < 1.29 is 18.3 Å². The molecule has 1 aromatic carbocycles. The first kappa shape index (κ1) is 19.0. The molecule has 1 fully saturated rings. The molecule has 0 saturated carbocycles. The normalized spacial score (nSPS) is 16.7. The minimum Gasteiger partial charge on any atom is -0.478 e. The average Bonchev–Trinajstić information content (AvgIpc) is 3.11. The summed E-state index contributed by atoms with van der Waals surface area (Å²) >= 11 is 0.961. The first-order valence-electron chi connectivity index (χ1n) is 8.38. The van der Waals surface area contributed by atoms with E-state index >= 15 is 0 Å². The predicted molar refractivity (Wildman–Crippen MR) is 101 cm³/mol. The Morgan fingerprint density at radius 3 is 2.50 bits per heavy atom. The third-order valence-electron chi connectivity index (χ3n) is 4.86. The fraction of sp³-hybridized carbons (Fsp3) is 0.389. The molecule has 140 valence electrons. The summed E-state index contributed by atoms with van der Waals surface area (Å²) in [7, 11) is -3.62. The molecule has 1 aromatic heterocycles. The molecule has 3 rings (SSSR count). The zero-order chi connectivity index (χ0) is 18.9. The molecule has 1 saturated heterocycles. The second-order valence-electron chi connectivity index (χ2n) is 6.50. The molecule has 1 aliphatic rings. The van der Waals surface area contributed by atoms with E-state index in [-0.39, 0.29) is 9.77 Å². The fourth-order valence-corrected chi connectivity index (χ4v) is 5.77. The molecule has 2 heterocycles. The van der Waals surface area contributed by atoms with E-state index in [4.69, 9.17) is 5.11 Å². The molecular weight excluding hydrogens is 372 g/mol. The minimum atomic E-state index is -3.62. The maximum absolute atomic E-state index is 12.7. The van der Waals surface area contributed by atoms with Gasteiger partial charge in [-0.3, -0.25) is 4.90 Å². The first-order chi connectivity index (χ1) is 12.3. The Bertz CT molecular complexity index is 913. The molecule has 0 spiro atoms. The van der Waals surface area contributed by atoms with Gasteiger partial charge in [0.2, 0.25) is 0 Å². The predicted octanol–water partition coefficient (Wildman–Crippen LogP) is 2.57. The maximum Gasteiger partial charge on any atom is 0.336 e. The van der Waals surface area contributed by atoms with Gasteiger partial charge in [-0.25, -0.2) is 13.2 Å². The number of hydrogen-bond donors (Lipinski definition) is 1. The van der Waals surface area contributed by atoms with Crippen molar-refractivity contribution in [2.24, 2.45) is 0 Å². The van der Waals surface area contributed by atoms with E-state index in [9.17, 15) is 13.2 Å². The smallest absolute Gasteiger partial charge is 0.336 e. The number of carbonyl (C=O) groups is 1. The molecule has 0 atom stereocenters. The molecule has 2 aromatic rings. The van der Waals surface area contributed by atoms with Crippen LogP contribution in [0.3, 0.4) is 0 Å². The van der Waals surface area contributed by atoms with Gasteiger partial charge < -0.3 is 5.11 Å². The van der Waals surface area contributed by atoms with Crippen LogP contribution in [0.15, 0.2) is 33.9 Å². The Morgan fingerprint density at radius 1 is 1.19 bits per heavy atom. The molecule has 0 bridgehead atoms. The van der Waals surface area contributed by atoms with Crippen LogP contribution in [0.1, 0.15) is 27.0 Å². The highest BCUT2D eigenvalue weighted by atomic mass is 32.2. The first-order valence-corrected chi connectivity index (χ1v) is 10.7. The number of hydrogen-bond acceptors (Lipinski definition) is 5. The summed E-state index contributed by atoms with van der Waals surface area (Å²) in [5, 5.41) is 10.3. The molecule has 8 heteroatoms. The Balaban J connectivity index is 1.65. The molecule has 1 aliphatic heterocycles. The second-order valence-corrected chi connectivity index (χ2v) is 9.57. The highest BCUT2D eigenvalue weighted by Crippen LogP contribution is 2.25. The molecule has 0 amide bonds. The van der Waals surface area contributed by atoms with Gasteiger partial charge in [0.15, 0.2) is 0 Å². The largest absolute Gasteiger partial charge is 0.478 e. The van der Waals surface area contributed by atoms with Crippen LogP contribution >= 0.6 is 11.3 Å². The zero-order valence-corrected chi connectivity index (χ0v) is 16.4. The van der Waals surface area contributed by atoms with Crippen molar-refractivity contribution in [3.05, 3.63) is 51.9 Å². The van der Waals surface area contributed by atoms with Crippen LogP contribution in [-0.2, 0) is 16.6 Å². The van der Waals surface area contributed by atoms with Crippen LogP contribution < -0.4 is 0 Å². The van der Waals surface area contributed by atoms with Crippen LogP contribution in [0.2, 0.25) is 0 Å². The Morgan fingerprint density at radius 2 is 1.88 bits per heavy atom. The molecule has 26 heavy (non-hydrogen) atoms. The van der Waals surface area contributed by atoms with Crippen LogP contribution in [-0.4, -0.2) is 54.9 Å². The van der Waals surface area contributed by atoms with Gasteiger partial charge in [-0.1, -0.05) is 18.2 Å². The van der Waals surface area contributed by atoms with Gasteiger partial charge in [-0.05, 0) is 36.6 Å². The number of aromatic carboxylic acids is 1. The van der Waals surface area contributed by atoms with Gasteiger partial charge >= 0.3 is 5.97 Å². The standard InChI is InChI=1S/C18H22N2O4S2/c1-13-4-3-5-15(14(13)2)11-19-6-8-20(9-7-19)26(23,24)17-10-16(12-25-17)18(21)22/h3-5,10,12H,6-9,11H2,1-2H3,(H,21,22). The molecule has 0 unspecified atom stereocenters. The third-order valence-corrected chi connectivity index (χ3v) is 8.17. The lowest BCUT2D eigenvalue weighted by Crippen LogP contribution is -2.48. The summed E-state index contributed by atoms with van der Waals surface area (Å²) in [5.41, 5.74) is 3.82. The summed E-state index contributed by atoms with van der Waals surface area (Å²) in [6, 6.07) is 7.50. The lowest BCUT2D eigenvalue weighted by Gasteiger charge is -2.34. The molecule has 0 aliphatic carbocycles. The van der Waals surface area contributed by atoms with Crippen molar-refractivity contribution in [3.63, 3.8) is 0 Å². The highest BCUT2D eigenvalue weighted by molar-refractivity contribution is 7.91. The van der Waals surface area contributed by atoms with Gasteiger partial charge in [-0.15, -0.1) is 11.3 Å². The molecule has 6 nitrogen and oxygen atoms in total. The summed E-state index contributed by atoms with van der Waals surface area (Å²) < 4.78 is 27.0. The number of nitrogens with zero attached hydrogens (tertiary/aromatic N) is 2. The van der Waals surface area contributed by atoms with Crippen molar-refractivity contribution >= 4 is 27.3 Å². The van der Waals surface area contributed by atoms with Crippen LogP contribution in [0.5, 0.6) is 0 Å². The Kier molecular flexibility index (Phi) is 5.47. The third kappa shape index (κ3) is 3.83. The Hall–Kier alpha value is -1.74. The number of piperazine rings is 1. The van der Waals surface area contributed by atoms with E-state index in [1.54, 1.807) is 0 Å². The average molecular weight is 395 g/mol. The topological polar surface area (TPSA) is 77.9 Å². The van der Waals surface area contributed by atoms with Gasteiger partial charge in [-0.2, -0.15) is 4.31 Å². The zero-order valence-electron chi connectivity index (χ0n) is 14.8. The van der Waals surface area contributed by atoms with Crippen LogP contribution in [0.25, 0.3) is 0 Å². The monoisotopic (exact) mass is 394 g/mol. The summed E-state index contributed by atoms with van der Waals surface area (Å²) in [4.78, 5) is 13.2. The van der Waals surface area contributed by atoms with Crippen molar-refractivity contribution in [1.82, 2.24) is 9.21 Å².